The molecule has 0 saturated carbocycles. The molecule has 0 aliphatic carbocycles. The Bertz CT molecular complexity index is 909. The predicted octanol–water partition coefficient (Wildman–Crippen LogP) is 5.04. The quantitative estimate of drug-likeness (QED) is 0.648. The highest BCUT2D eigenvalue weighted by molar-refractivity contribution is 9.10. The molecule has 3 aromatic carbocycles. The second kappa shape index (κ2) is 7.07. The largest absolute Gasteiger partial charge is 0.457 e. The van der Waals surface area contributed by atoms with E-state index in [4.69, 9.17) is 4.74 Å². The lowest BCUT2D eigenvalue weighted by molar-refractivity contribution is 0.482. The number of rotatable bonds is 5. The molecule has 0 amide bonds. The molecule has 0 atom stereocenters. The molecule has 0 spiro atoms. The van der Waals surface area contributed by atoms with Crippen molar-refractivity contribution >= 4 is 31.6 Å². The van der Waals surface area contributed by atoms with Crippen LogP contribution in [-0.2, 0) is 10.0 Å². The number of hydrogen-bond acceptors (Lipinski definition) is 3. The second-order valence-electron chi connectivity index (χ2n) is 5.00. The van der Waals surface area contributed by atoms with E-state index in [1.165, 1.54) is 12.1 Å². The van der Waals surface area contributed by atoms with E-state index in [2.05, 4.69) is 20.7 Å². The molecule has 0 saturated heterocycles. The molecule has 0 aliphatic heterocycles. The fourth-order valence-electron chi connectivity index (χ4n) is 2.04. The van der Waals surface area contributed by atoms with Crippen molar-refractivity contribution in [3.05, 3.63) is 83.3 Å². The summed E-state index contributed by atoms with van der Waals surface area (Å²) in [4.78, 5) is 0.172. The van der Waals surface area contributed by atoms with Crippen LogP contribution in [0.5, 0.6) is 11.5 Å². The zero-order valence-corrected chi connectivity index (χ0v) is 14.9. The van der Waals surface area contributed by atoms with Crippen LogP contribution in [0.15, 0.2) is 88.2 Å². The van der Waals surface area contributed by atoms with Crippen molar-refractivity contribution < 1.29 is 13.2 Å². The Labute approximate surface area is 149 Å². The fraction of sp³-hybridized carbons (Fsp3) is 0. The Balaban J connectivity index is 1.75. The summed E-state index contributed by atoms with van der Waals surface area (Å²) in [5.74, 6) is 1.27. The van der Waals surface area contributed by atoms with Crippen molar-refractivity contribution in [3.8, 4) is 11.5 Å². The van der Waals surface area contributed by atoms with Crippen LogP contribution in [0.1, 0.15) is 0 Å². The first-order valence-electron chi connectivity index (χ1n) is 7.14. The monoisotopic (exact) mass is 403 g/mol. The van der Waals surface area contributed by atoms with Crippen molar-refractivity contribution in [2.75, 3.05) is 4.72 Å². The average Bonchev–Trinajstić information content (AvgIpc) is 2.58. The fourth-order valence-corrected chi connectivity index (χ4v) is 3.37. The second-order valence-corrected chi connectivity index (χ2v) is 7.60. The predicted molar refractivity (Wildman–Crippen MR) is 97.9 cm³/mol. The number of sulfonamides is 1. The maximum atomic E-state index is 12.4. The molecule has 0 bridgehead atoms. The van der Waals surface area contributed by atoms with E-state index in [0.29, 0.717) is 17.2 Å². The lowest BCUT2D eigenvalue weighted by Gasteiger charge is -2.09. The number of ether oxygens (including phenoxy) is 1. The molecule has 0 heterocycles. The van der Waals surface area contributed by atoms with Crippen LogP contribution in [0.2, 0.25) is 0 Å². The van der Waals surface area contributed by atoms with Gasteiger partial charge < -0.3 is 4.74 Å². The summed E-state index contributed by atoms with van der Waals surface area (Å²) in [6, 6.07) is 22.5. The Kier molecular flexibility index (Phi) is 4.87. The molecule has 3 rings (SSSR count). The number of nitrogens with one attached hydrogen (secondary N) is 1. The highest BCUT2D eigenvalue weighted by Crippen LogP contribution is 2.24. The first-order chi connectivity index (χ1) is 11.5. The highest BCUT2D eigenvalue weighted by atomic mass is 79.9. The van der Waals surface area contributed by atoms with Gasteiger partial charge >= 0.3 is 0 Å². The van der Waals surface area contributed by atoms with Gasteiger partial charge in [0.25, 0.3) is 10.0 Å². The van der Waals surface area contributed by atoms with Crippen LogP contribution in [0.3, 0.4) is 0 Å². The molecule has 6 heteroatoms. The van der Waals surface area contributed by atoms with Gasteiger partial charge in [0.15, 0.2) is 0 Å². The van der Waals surface area contributed by atoms with Crippen molar-refractivity contribution in [2.24, 2.45) is 0 Å². The Morgan fingerprint density at radius 3 is 1.96 bits per heavy atom. The van der Waals surface area contributed by atoms with E-state index in [-0.39, 0.29) is 4.90 Å². The minimum absolute atomic E-state index is 0.172. The summed E-state index contributed by atoms with van der Waals surface area (Å²) < 4.78 is 33.9. The molecule has 1 N–H and O–H groups in total. The topological polar surface area (TPSA) is 55.4 Å². The molecule has 24 heavy (non-hydrogen) atoms. The van der Waals surface area contributed by atoms with Crippen LogP contribution >= 0.6 is 15.9 Å². The highest BCUT2D eigenvalue weighted by Gasteiger charge is 2.14. The van der Waals surface area contributed by atoms with Gasteiger partial charge in [-0.2, -0.15) is 0 Å². The van der Waals surface area contributed by atoms with E-state index in [1.54, 1.807) is 36.4 Å². The average molecular weight is 404 g/mol. The van der Waals surface area contributed by atoms with Crippen LogP contribution in [0.25, 0.3) is 0 Å². The number of hydrogen-bond donors (Lipinski definition) is 1. The first-order valence-corrected chi connectivity index (χ1v) is 9.42. The molecule has 3 aromatic rings. The first kappa shape index (κ1) is 16.5. The molecular formula is C18H14BrNO3S. The summed E-state index contributed by atoms with van der Waals surface area (Å²) in [6.07, 6.45) is 0. The molecule has 0 aliphatic rings. The van der Waals surface area contributed by atoms with Crippen molar-refractivity contribution in [2.45, 2.75) is 4.90 Å². The van der Waals surface area contributed by atoms with Crippen LogP contribution in [0, 0.1) is 0 Å². The summed E-state index contributed by atoms with van der Waals surface area (Å²) in [5, 5.41) is 0. The Morgan fingerprint density at radius 2 is 1.33 bits per heavy atom. The standard InChI is InChI=1S/C18H14BrNO3S/c19-14-6-8-15(9-7-14)20-24(21,22)18-12-10-17(11-13-18)23-16-4-2-1-3-5-16/h1-13,20H. The van der Waals surface area contributed by atoms with Gasteiger partial charge in [0.2, 0.25) is 0 Å². The van der Waals surface area contributed by atoms with Gasteiger partial charge in [0, 0.05) is 10.2 Å². The molecule has 0 fully saturated rings. The molecule has 0 unspecified atom stereocenters. The summed E-state index contributed by atoms with van der Waals surface area (Å²) in [5.41, 5.74) is 0.503. The van der Waals surface area contributed by atoms with Gasteiger partial charge in [-0.1, -0.05) is 34.1 Å². The van der Waals surface area contributed by atoms with Crippen molar-refractivity contribution in [1.29, 1.82) is 0 Å². The van der Waals surface area contributed by atoms with Crippen molar-refractivity contribution in [1.82, 2.24) is 0 Å². The zero-order valence-electron chi connectivity index (χ0n) is 12.5. The van der Waals surface area contributed by atoms with Crippen LogP contribution in [-0.4, -0.2) is 8.42 Å². The molecular weight excluding hydrogens is 390 g/mol. The van der Waals surface area contributed by atoms with Crippen LogP contribution < -0.4 is 9.46 Å². The van der Waals surface area contributed by atoms with Gasteiger partial charge in [-0.25, -0.2) is 8.42 Å². The Morgan fingerprint density at radius 1 is 0.750 bits per heavy atom. The van der Waals surface area contributed by atoms with Crippen LogP contribution in [0.4, 0.5) is 5.69 Å². The van der Waals surface area contributed by atoms with Gasteiger partial charge in [-0.15, -0.1) is 0 Å². The molecule has 0 aromatic heterocycles. The third kappa shape index (κ3) is 4.15. The third-order valence-electron chi connectivity index (χ3n) is 3.21. The van der Waals surface area contributed by atoms with Crippen molar-refractivity contribution in [3.63, 3.8) is 0 Å². The van der Waals surface area contributed by atoms with E-state index in [9.17, 15) is 8.42 Å². The number of anilines is 1. The normalized spacial score (nSPS) is 11.0. The van der Waals surface area contributed by atoms with Gasteiger partial charge in [0.1, 0.15) is 11.5 Å². The minimum Gasteiger partial charge on any atom is -0.457 e. The minimum atomic E-state index is -3.64. The SMILES string of the molecule is O=S(=O)(Nc1ccc(Br)cc1)c1ccc(Oc2ccccc2)cc1. The maximum Gasteiger partial charge on any atom is 0.261 e. The maximum absolute atomic E-state index is 12.4. The molecule has 4 nitrogen and oxygen atoms in total. The van der Waals surface area contributed by atoms with E-state index < -0.39 is 10.0 Å². The zero-order chi connectivity index (χ0) is 17.0. The smallest absolute Gasteiger partial charge is 0.261 e. The Hall–Kier alpha value is -2.31. The van der Waals surface area contributed by atoms with E-state index in [1.807, 2.05) is 30.3 Å². The van der Waals surface area contributed by atoms with Gasteiger partial charge in [0.05, 0.1) is 4.90 Å². The van der Waals surface area contributed by atoms with Gasteiger partial charge in [-0.05, 0) is 60.7 Å². The summed E-state index contributed by atoms with van der Waals surface area (Å²) in [6.45, 7) is 0. The number of benzene rings is 3. The van der Waals surface area contributed by atoms with E-state index >= 15 is 0 Å². The number of halogens is 1. The molecule has 0 radical (unpaired) electrons. The lowest BCUT2D eigenvalue weighted by atomic mass is 10.3. The lowest BCUT2D eigenvalue weighted by Crippen LogP contribution is -2.12. The molecule has 122 valence electrons. The summed E-state index contributed by atoms with van der Waals surface area (Å²) >= 11 is 3.31. The summed E-state index contributed by atoms with van der Waals surface area (Å²) in [7, 11) is -3.64. The van der Waals surface area contributed by atoms with E-state index in [0.717, 1.165) is 4.47 Å². The number of para-hydroxylation sites is 1. The third-order valence-corrected chi connectivity index (χ3v) is 5.14. The van der Waals surface area contributed by atoms with Gasteiger partial charge in [-0.3, -0.25) is 4.72 Å².